The van der Waals surface area contributed by atoms with E-state index >= 15 is 0 Å². The monoisotopic (exact) mass is 249 g/mol. The highest BCUT2D eigenvalue weighted by Gasteiger charge is 2.12. The Bertz CT molecular complexity index is 382. The fourth-order valence-electron chi connectivity index (χ4n) is 0.821. The quantitative estimate of drug-likeness (QED) is 0.458. The molecule has 0 fully saturated rings. The van der Waals surface area contributed by atoms with Crippen molar-refractivity contribution in [3.63, 3.8) is 0 Å². The summed E-state index contributed by atoms with van der Waals surface area (Å²) in [5, 5.41) is 0. The molecule has 0 aliphatic heterocycles. The molecule has 1 rings (SSSR count). The Morgan fingerprint density at radius 1 is 1.38 bits per heavy atom. The summed E-state index contributed by atoms with van der Waals surface area (Å²) >= 11 is 0. The number of nitrogen functional groups attached to an aromatic ring is 1. The van der Waals surface area contributed by atoms with Crippen LogP contribution in [0, 0.1) is 0 Å². The number of ether oxygens (including phenoxy) is 2. The van der Waals surface area contributed by atoms with Crippen molar-refractivity contribution < 1.29 is 23.8 Å². The Hall–Kier alpha value is -1.21. The molecule has 0 saturated heterocycles. The molecule has 0 aliphatic carbocycles. The van der Waals surface area contributed by atoms with Crippen molar-refractivity contribution in [2.24, 2.45) is 0 Å². The molecular weight excluding hydrogens is 237 g/mol. The van der Waals surface area contributed by atoms with Gasteiger partial charge in [-0.05, 0) is 0 Å². The SMILES string of the molecule is Nc1cc(OCCOCP(=O)(O)O)ncn1. The summed E-state index contributed by atoms with van der Waals surface area (Å²) in [4.78, 5) is 24.4. The minimum absolute atomic E-state index is 0.0506. The summed E-state index contributed by atoms with van der Waals surface area (Å²) in [6.07, 6.45) is 0.628. The third-order valence-electron chi connectivity index (χ3n) is 1.40. The molecule has 1 aromatic rings. The van der Waals surface area contributed by atoms with Gasteiger partial charge in [-0.3, -0.25) is 4.57 Å². The van der Waals surface area contributed by atoms with Crippen molar-refractivity contribution >= 4 is 13.4 Å². The maximum Gasteiger partial charge on any atom is 0.350 e. The molecule has 0 radical (unpaired) electrons. The Morgan fingerprint density at radius 2 is 2.12 bits per heavy atom. The van der Waals surface area contributed by atoms with E-state index < -0.39 is 13.9 Å². The summed E-state index contributed by atoms with van der Waals surface area (Å²) in [7, 11) is -4.11. The van der Waals surface area contributed by atoms with E-state index in [4.69, 9.17) is 20.3 Å². The van der Waals surface area contributed by atoms with E-state index in [1.54, 1.807) is 0 Å². The van der Waals surface area contributed by atoms with Crippen molar-refractivity contribution in [1.82, 2.24) is 9.97 Å². The van der Waals surface area contributed by atoms with Gasteiger partial charge in [0.2, 0.25) is 5.88 Å². The van der Waals surface area contributed by atoms with Gasteiger partial charge in [0.25, 0.3) is 0 Å². The minimum Gasteiger partial charge on any atom is -0.475 e. The van der Waals surface area contributed by atoms with E-state index in [1.165, 1.54) is 12.4 Å². The first-order chi connectivity index (χ1) is 7.47. The lowest BCUT2D eigenvalue weighted by Crippen LogP contribution is -2.08. The van der Waals surface area contributed by atoms with Gasteiger partial charge in [0.1, 0.15) is 25.1 Å². The van der Waals surface area contributed by atoms with Gasteiger partial charge in [0.15, 0.2) is 0 Å². The molecule has 1 heterocycles. The normalized spacial score (nSPS) is 11.4. The first-order valence-corrected chi connectivity index (χ1v) is 6.10. The number of aromatic nitrogens is 2. The molecular formula is C7H12N3O5P. The summed E-state index contributed by atoms with van der Waals surface area (Å²) in [5.41, 5.74) is 5.38. The number of hydrogen-bond donors (Lipinski definition) is 3. The van der Waals surface area contributed by atoms with Gasteiger partial charge in [0.05, 0.1) is 6.61 Å². The zero-order chi connectivity index (χ0) is 12.0. The van der Waals surface area contributed by atoms with Crippen molar-refractivity contribution in [2.75, 3.05) is 25.3 Å². The van der Waals surface area contributed by atoms with Crippen molar-refractivity contribution in [2.45, 2.75) is 0 Å². The minimum atomic E-state index is -4.11. The van der Waals surface area contributed by atoms with Crippen molar-refractivity contribution in [1.29, 1.82) is 0 Å². The molecule has 4 N–H and O–H groups in total. The largest absolute Gasteiger partial charge is 0.475 e. The molecule has 9 heteroatoms. The summed E-state index contributed by atoms with van der Waals surface area (Å²) in [6, 6.07) is 1.43. The van der Waals surface area contributed by atoms with Crippen LogP contribution in [0.4, 0.5) is 5.82 Å². The molecule has 0 aliphatic rings. The highest BCUT2D eigenvalue weighted by molar-refractivity contribution is 7.51. The van der Waals surface area contributed by atoms with Crippen LogP contribution in [-0.4, -0.2) is 39.3 Å². The molecule has 1 aromatic heterocycles. The molecule has 0 spiro atoms. The molecule has 0 aromatic carbocycles. The van der Waals surface area contributed by atoms with E-state index in [9.17, 15) is 4.57 Å². The van der Waals surface area contributed by atoms with E-state index in [-0.39, 0.29) is 24.9 Å². The number of anilines is 1. The zero-order valence-corrected chi connectivity index (χ0v) is 9.21. The molecule has 0 saturated carbocycles. The Kier molecular flexibility index (Phi) is 4.63. The number of hydrogen-bond acceptors (Lipinski definition) is 6. The molecule has 0 bridgehead atoms. The third-order valence-corrected chi connectivity index (χ3v) is 1.92. The van der Waals surface area contributed by atoms with Gasteiger partial charge in [0, 0.05) is 6.07 Å². The Morgan fingerprint density at radius 3 is 2.75 bits per heavy atom. The maximum absolute atomic E-state index is 10.4. The molecule has 0 unspecified atom stereocenters. The molecule has 16 heavy (non-hydrogen) atoms. The van der Waals surface area contributed by atoms with Crippen LogP contribution in [0.1, 0.15) is 0 Å². The fourth-order valence-corrected chi connectivity index (χ4v) is 1.19. The Labute approximate surface area is 91.6 Å². The Balaban J connectivity index is 2.19. The highest BCUT2D eigenvalue weighted by Crippen LogP contribution is 2.33. The van der Waals surface area contributed by atoms with Gasteiger partial charge >= 0.3 is 7.60 Å². The lowest BCUT2D eigenvalue weighted by atomic mass is 10.6. The lowest BCUT2D eigenvalue weighted by molar-refractivity contribution is 0.118. The van der Waals surface area contributed by atoms with E-state index in [2.05, 4.69) is 14.7 Å². The van der Waals surface area contributed by atoms with Crippen LogP contribution in [0.3, 0.4) is 0 Å². The average molecular weight is 249 g/mol. The second kappa shape index (κ2) is 5.76. The summed E-state index contributed by atoms with van der Waals surface area (Å²) < 4.78 is 20.2. The molecule has 90 valence electrons. The van der Waals surface area contributed by atoms with Crippen molar-refractivity contribution in [3.8, 4) is 5.88 Å². The first-order valence-electron chi connectivity index (χ1n) is 4.30. The predicted molar refractivity (Wildman–Crippen MR) is 54.8 cm³/mol. The zero-order valence-electron chi connectivity index (χ0n) is 8.31. The topological polar surface area (TPSA) is 128 Å². The van der Waals surface area contributed by atoms with Gasteiger partial charge in [-0.25, -0.2) is 9.97 Å². The van der Waals surface area contributed by atoms with E-state index in [0.717, 1.165) is 0 Å². The van der Waals surface area contributed by atoms with Crippen LogP contribution in [0.15, 0.2) is 12.4 Å². The lowest BCUT2D eigenvalue weighted by Gasteiger charge is -2.07. The summed E-state index contributed by atoms with van der Waals surface area (Å²) in [6.45, 7) is 0.172. The third kappa shape index (κ3) is 5.62. The standard InChI is InChI=1S/C7H12N3O5P/c8-6-3-7(10-4-9-6)15-2-1-14-5-16(11,12)13/h3-4H,1-2,5H2,(H2,8,9,10)(H2,11,12,13). The molecule has 8 nitrogen and oxygen atoms in total. The van der Waals surface area contributed by atoms with Crippen LogP contribution in [0.2, 0.25) is 0 Å². The van der Waals surface area contributed by atoms with Crippen LogP contribution in [-0.2, 0) is 9.30 Å². The molecule has 0 atom stereocenters. The molecule has 0 amide bonds. The summed E-state index contributed by atoms with van der Waals surface area (Å²) in [5.74, 6) is 0.563. The second-order valence-electron chi connectivity index (χ2n) is 2.83. The second-order valence-corrected chi connectivity index (χ2v) is 4.42. The van der Waals surface area contributed by atoms with Gasteiger partial charge in [-0.1, -0.05) is 0 Å². The highest BCUT2D eigenvalue weighted by atomic mass is 31.2. The first kappa shape index (κ1) is 12.9. The average Bonchev–Trinajstić information content (AvgIpc) is 2.15. The number of nitrogens with two attached hydrogens (primary N) is 1. The number of rotatable bonds is 6. The predicted octanol–water partition coefficient (Wildman–Crippen LogP) is -0.411. The van der Waals surface area contributed by atoms with E-state index in [1.807, 2.05) is 0 Å². The smallest absolute Gasteiger partial charge is 0.350 e. The van der Waals surface area contributed by atoms with Crippen LogP contribution >= 0.6 is 7.60 Å². The maximum atomic E-state index is 10.4. The van der Waals surface area contributed by atoms with Crippen molar-refractivity contribution in [3.05, 3.63) is 12.4 Å². The van der Waals surface area contributed by atoms with Crippen LogP contribution < -0.4 is 10.5 Å². The van der Waals surface area contributed by atoms with Gasteiger partial charge in [-0.2, -0.15) is 0 Å². The van der Waals surface area contributed by atoms with Gasteiger partial charge < -0.3 is 25.0 Å². The van der Waals surface area contributed by atoms with Crippen LogP contribution in [0.25, 0.3) is 0 Å². The van der Waals surface area contributed by atoms with E-state index in [0.29, 0.717) is 0 Å². The number of nitrogens with zero attached hydrogens (tertiary/aromatic N) is 2. The van der Waals surface area contributed by atoms with Crippen LogP contribution in [0.5, 0.6) is 5.88 Å². The fraction of sp³-hybridized carbons (Fsp3) is 0.429. The van der Waals surface area contributed by atoms with Gasteiger partial charge in [-0.15, -0.1) is 0 Å².